The molecule has 1 aliphatic heterocycles. The van der Waals surface area contributed by atoms with Gasteiger partial charge in [-0.2, -0.15) is 0 Å². The zero-order chi connectivity index (χ0) is 24.4. The van der Waals surface area contributed by atoms with Crippen LogP contribution < -0.4 is 10.1 Å². The number of carboxylic acids is 1. The molecule has 0 bridgehead atoms. The van der Waals surface area contributed by atoms with Crippen LogP contribution in [0.3, 0.4) is 0 Å². The van der Waals surface area contributed by atoms with Gasteiger partial charge in [-0.15, -0.1) is 0 Å². The summed E-state index contributed by atoms with van der Waals surface area (Å²) in [6, 6.07) is 10.5. The smallest absolute Gasteiger partial charge is 0.345 e. The Morgan fingerprint density at radius 2 is 1.97 bits per heavy atom. The van der Waals surface area contributed by atoms with Crippen molar-refractivity contribution in [3.05, 3.63) is 95.4 Å². The summed E-state index contributed by atoms with van der Waals surface area (Å²) in [4.78, 5) is 40.1. The molecule has 0 saturated heterocycles. The van der Waals surface area contributed by atoms with E-state index in [1.807, 2.05) is 13.0 Å². The van der Waals surface area contributed by atoms with Crippen LogP contribution in [0.15, 0.2) is 78.4 Å². The molecule has 3 aromatic heterocycles. The van der Waals surface area contributed by atoms with Crippen LogP contribution in [0.2, 0.25) is 0 Å². The Labute approximate surface area is 199 Å². The zero-order valence-electron chi connectivity index (χ0n) is 18.5. The number of nitrogens with one attached hydrogen (secondary N) is 2. The SMILES string of the molecule is Cc1cc(OCc2ncccn2)ccc1NC1=C(C(=O)O)C(=O)C(=Cc2c[nH]c3ncccc23)O1. The van der Waals surface area contributed by atoms with Crippen LogP contribution in [0, 0.1) is 6.92 Å². The number of rotatable bonds is 7. The minimum absolute atomic E-state index is 0.102. The highest BCUT2D eigenvalue weighted by molar-refractivity contribution is 6.26. The fourth-order valence-corrected chi connectivity index (χ4v) is 3.59. The Kier molecular flexibility index (Phi) is 5.68. The first-order chi connectivity index (χ1) is 17.0. The number of aromatic amines is 1. The van der Waals surface area contributed by atoms with Crippen molar-refractivity contribution < 1.29 is 24.2 Å². The van der Waals surface area contributed by atoms with Crippen molar-refractivity contribution in [2.24, 2.45) is 0 Å². The van der Waals surface area contributed by atoms with E-state index in [4.69, 9.17) is 9.47 Å². The van der Waals surface area contributed by atoms with Gasteiger partial charge in [0.25, 0.3) is 0 Å². The van der Waals surface area contributed by atoms with Gasteiger partial charge in [0.1, 0.15) is 18.0 Å². The number of carboxylic acid groups (broad SMARTS) is 1. The third-order valence-electron chi connectivity index (χ3n) is 5.31. The van der Waals surface area contributed by atoms with E-state index >= 15 is 0 Å². The molecule has 0 spiro atoms. The number of ketones is 1. The molecule has 0 aliphatic carbocycles. The molecule has 10 nitrogen and oxygen atoms in total. The second-order valence-corrected chi connectivity index (χ2v) is 7.65. The molecule has 0 radical (unpaired) electrons. The van der Waals surface area contributed by atoms with E-state index in [0.29, 0.717) is 28.5 Å². The van der Waals surface area contributed by atoms with Crippen LogP contribution in [0.4, 0.5) is 5.69 Å². The van der Waals surface area contributed by atoms with Gasteiger partial charge in [0.2, 0.25) is 11.7 Å². The molecular formula is C25H19N5O5. The van der Waals surface area contributed by atoms with Gasteiger partial charge in [-0.3, -0.25) is 4.79 Å². The summed E-state index contributed by atoms with van der Waals surface area (Å²) >= 11 is 0. The van der Waals surface area contributed by atoms with Crippen molar-refractivity contribution in [2.45, 2.75) is 13.5 Å². The number of carbonyl (C=O) groups is 2. The van der Waals surface area contributed by atoms with Crippen molar-refractivity contribution in [3.63, 3.8) is 0 Å². The summed E-state index contributed by atoms with van der Waals surface area (Å²) < 4.78 is 11.4. The van der Waals surface area contributed by atoms with Crippen LogP contribution in [0.5, 0.6) is 5.75 Å². The van der Waals surface area contributed by atoms with Crippen LogP contribution in [0.25, 0.3) is 17.1 Å². The van der Waals surface area contributed by atoms with E-state index in [1.54, 1.807) is 55.1 Å². The lowest BCUT2D eigenvalue weighted by atomic mass is 10.1. The molecule has 4 heterocycles. The number of anilines is 1. The van der Waals surface area contributed by atoms with E-state index in [-0.39, 0.29) is 18.2 Å². The lowest BCUT2D eigenvalue weighted by Crippen LogP contribution is -2.12. The minimum atomic E-state index is -1.39. The van der Waals surface area contributed by atoms with Gasteiger partial charge in [0.15, 0.2) is 17.2 Å². The average Bonchev–Trinajstić information content (AvgIpc) is 3.40. The van der Waals surface area contributed by atoms with Gasteiger partial charge < -0.3 is 24.9 Å². The van der Waals surface area contributed by atoms with Crippen LogP contribution in [-0.4, -0.2) is 36.8 Å². The lowest BCUT2D eigenvalue weighted by Gasteiger charge is -2.13. The molecule has 1 aliphatic rings. The Balaban J connectivity index is 1.36. The first-order valence-corrected chi connectivity index (χ1v) is 10.6. The predicted molar refractivity (Wildman–Crippen MR) is 126 cm³/mol. The van der Waals surface area contributed by atoms with Crippen molar-refractivity contribution in [3.8, 4) is 5.75 Å². The number of nitrogens with zero attached hydrogens (tertiary/aromatic N) is 3. The Morgan fingerprint density at radius 1 is 1.17 bits per heavy atom. The molecule has 0 amide bonds. The topological polar surface area (TPSA) is 139 Å². The highest BCUT2D eigenvalue weighted by Gasteiger charge is 2.36. The number of allylic oxidation sites excluding steroid dienone is 1. The number of aromatic nitrogens is 4. The Morgan fingerprint density at radius 3 is 2.74 bits per heavy atom. The Bertz CT molecular complexity index is 1510. The number of H-pyrrole nitrogens is 1. The number of Topliss-reactive ketones (excluding diaryl/α,β-unsaturated/α-hetero) is 1. The van der Waals surface area contributed by atoms with E-state index < -0.39 is 17.3 Å². The van der Waals surface area contributed by atoms with Crippen molar-refractivity contribution in [1.82, 2.24) is 19.9 Å². The molecule has 10 heteroatoms. The fourth-order valence-electron chi connectivity index (χ4n) is 3.59. The van der Waals surface area contributed by atoms with Gasteiger partial charge in [-0.25, -0.2) is 19.7 Å². The summed E-state index contributed by atoms with van der Waals surface area (Å²) in [6.07, 6.45) is 8.09. The molecule has 1 aromatic carbocycles. The number of ether oxygens (including phenoxy) is 2. The molecule has 3 N–H and O–H groups in total. The van der Waals surface area contributed by atoms with E-state index in [9.17, 15) is 14.7 Å². The molecular weight excluding hydrogens is 450 g/mol. The number of hydrogen-bond donors (Lipinski definition) is 3. The van der Waals surface area contributed by atoms with E-state index in [0.717, 1.165) is 10.9 Å². The first kappa shape index (κ1) is 21.8. The monoisotopic (exact) mass is 469 g/mol. The van der Waals surface area contributed by atoms with Crippen LogP contribution in [-0.2, 0) is 20.9 Å². The fraction of sp³-hybridized carbons (Fsp3) is 0.0800. The highest BCUT2D eigenvalue weighted by Crippen LogP contribution is 2.31. The van der Waals surface area contributed by atoms with Gasteiger partial charge in [0, 0.05) is 41.4 Å². The second-order valence-electron chi connectivity index (χ2n) is 7.65. The summed E-state index contributed by atoms with van der Waals surface area (Å²) in [6.45, 7) is 2.03. The standard InChI is InChI=1S/C25H19N5O5/c1-14-10-16(34-13-20-26-8-3-9-27-20)5-6-18(14)30-24-21(25(32)33)22(31)19(35-24)11-15-12-29-23-17(15)4-2-7-28-23/h2-12,30H,13H2,1H3,(H,28,29)(H,32,33). The van der Waals surface area contributed by atoms with Crippen LogP contribution in [0.1, 0.15) is 17.0 Å². The number of hydrogen-bond acceptors (Lipinski definition) is 8. The lowest BCUT2D eigenvalue weighted by molar-refractivity contribution is -0.134. The summed E-state index contributed by atoms with van der Waals surface area (Å²) in [5.41, 5.74) is 2.14. The number of carbonyl (C=O) groups excluding carboxylic acids is 1. The maximum Gasteiger partial charge on any atom is 0.345 e. The molecule has 0 fully saturated rings. The maximum atomic E-state index is 12.8. The van der Waals surface area contributed by atoms with E-state index in [1.165, 1.54) is 6.08 Å². The largest absolute Gasteiger partial charge is 0.486 e. The molecule has 174 valence electrons. The summed E-state index contributed by atoms with van der Waals surface area (Å²) in [7, 11) is 0. The predicted octanol–water partition coefficient (Wildman–Crippen LogP) is 3.59. The number of pyridine rings is 1. The first-order valence-electron chi connectivity index (χ1n) is 10.6. The normalized spacial score (nSPS) is 14.4. The highest BCUT2D eigenvalue weighted by atomic mass is 16.5. The third kappa shape index (κ3) is 4.44. The van der Waals surface area contributed by atoms with Gasteiger partial charge in [0.05, 0.1) is 0 Å². The number of benzene rings is 1. The average molecular weight is 469 g/mol. The van der Waals surface area contributed by atoms with Crippen molar-refractivity contribution in [1.29, 1.82) is 0 Å². The molecule has 0 atom stereocenters. The quantitative estimate of drug-likeness (QED) is 0.274. The number of fused-ring (bicyclic) bond motifs is 1. The van der Waals surface area contributed by atoms with Gasteiger partial charge in [-0.05, 0) is 55.0 Å². The van der Waals surface area contributed by atoms with Crippen LogP contribution >= 0.6 is 0 Å². The van der Waals surface area contributed by atoms with Crippen molar-refractivity contribution in [2.75, 3.05) is 5.32 Å². The number of aryl methyl sites for hydroxylation is 1. The van der Waals surface area contributed by atoms with Crippen molar-refractivity contribution >= 4 is 34.5 Å². The third-order valence-corrected chi connectivity index (χ3v) is 5.31. The van der Waals surface area contributed by atoms with Gasteiger partial charge >= 0.3 is 5.97 Å². The molecule has 4 aromatic rings. The number of aliphatic carboxylic acids is 1. The molecule has 5 rings (SSSR count). The maximum absolute atomic E-state index is 12.8. The molecule has 35 heavy (non-hydrogen) atoms. The Hall–Kier alpha value is -4.99. The van der Waals surface area contributed by atoms with E-state index in [2.05, 4.69) is 25.3 Å². The zero-order valence-corrected chi connectivity index (χ0v) is 18.5. The molecule has 0 saturated carbocycles. The van der Waals surface area contributed by atoms with Gasteiger partial charge in [-0.1, -0.05) is 0 Å². The minimum Gasteiger partial charge on any atom is -0.486 e. The second kappa shape index (κ2) is 9.10. The summed E-state index contributed by atoms with van der Waals surface area (Å²) in [5, 5.41) is 13.4. The molecule has 0 unspecified atom stereocenters. The summed E-state index contributed by atoms with van der Waals surface area (Å²) in [5.74, 6) is -1.23.